The van der Waals surface area contributed by atoms with Crippen molar-refractivity contribution in [2.24, 2.45) is 0 Å². The van der Waals surface area contributed by atoms with Crippen LogP contribution >= 0.6 is 0 Å². The summed E-state index contributed by atoms with van der Waals surface area (Å²) < 4.78 is 0. The van der Waals surface area contributed by atoms with Gasteiger partial charge in [-0.1, -0.05) is 45.4 Å². The van der Waals surface area contributed by atoms with Gasteiger partial charge in [0.25, 0.3) is 11.8 Å². The molecule has 1 aliphatic rings. The third-order valence-electron chi connectivity index (χ3n) is 3.01. The monoisotopic (exact) mass is 282 g/mol. The SMILES string of the molecule is CCCCCCCCCC(=O)[O-].CN1C(=O)C=CC1=O. The van der Waals surface area contributed by atoms with Crippen molar-refractivity contribution in [2.45, 2.75) is 58.3 Å². The number of amides is 2. The minimum atomic E-state index is -0.913. The van der Waals surface area contributed by atoms with Crippen LogP contribution in [0.25, 0.3) is 0 Å². The molecule has 0 aliphatic carbocycles. The second kappa shape index (κ2) is 11.2. The maximum atomic E-state index is 10.4. The minimum Gasteiger partial charge on any atom is -0.550 e. The maximum absolute atomic E-state index is 10.4. The van der Waals surface area contributed by atoms with Crippen LogP contribution in [0.5, 0.6) is 0 Å². The molecule has 0 aromatic carbocycles. The van der Waals surface area contributed by atoms with Gasteiger partial charge in [0.05, 0.1) is 0 Å². The predicted octanol–water partition coefficient (Wildman–Crippen LogP) is 1.42. The summed E-state index contributed by atoms with van der Waals surface area (Å²) in [5.41, 5.74) is 0. The van der Waals surface area contributed by atoms with E-state index in [2.05, 4.69) is 6.92 Å². The van der Waals surface area contributed by atoms with Crippen LogP contribution in [0.3, 0.4) is 0 Å². The highest BCUT2D eigenvalue weighted by atomic mass is 16.4. The van der Waals surface area contributed by atoms with Crippen molar-refractivity contribution in [1.29, 1.82) is 0 Å². The lowest BCUT2D eigenvalue weighted by Crippen LogP contribution is -2.24. The molecule has 0 saturated heterocycles. The van der Waals surface area contributed by atoms with Crippen LogP contribution in [0.2, 0.25) is 0 Å². The van der Waals surface area contributed by atoms with E-state index >= 15 is 0 Å². The van der Waals surface area contributed by atoms with Crippen molar-refractivity contribution in [3.63, 3.8) is 0 Å². The Labute approximate surface area is 120 Å². The molecule has 0 bridgehead atoms. The molecule has 20 heavy (non-hydrogen) atoms. The molecular formula is C15H24NO4-. The molecule has 0 N–H and O–H groups in total. The normalized spacial score (nSPS) is 13.4. The fraction of sp³-hybridized carbons (Fsp3) is 0.667. The zero-order valence-corrected chi connectivity index (χ0v) is 12.4. The smallest absolute Gasteiger partial charge is 0.253 e. The van der Waals surface area contributed by atoms with Crippen molar-refractivity contribution in [3.8, 4) is 0 Å². The minimum absolute atomic E-state index is 0.230. The van der Waals surface area contributed by atoms with Gasteiger partial charge in [-0.05, 0) is 12.8 Å². The third-order valence-corrected chi connectivity index (χ3v) is 3.01. The molecule has 0 fully saturated rings. The van der Waals surface area contributed by atoms with Crippen molar-refractivity contribution >= 4 is 17.8 Å². The molecule has 0 aromatic heterocycles. The van der Waals surface area contributed by atoms with E-state index in [1.54, 1.807) is 0 Å². The molecule has 0 saturated carbocycles. The second-order valence-corrected chi connectivity index (χ2v) is 4.81. The van der Waals surface area contributed by atoms with E-state index in [0.717, 1.165) is 17.7 Å². The first-order valence-corrected chi connectivity index (χ1v) is 7.18. The van der Waals surface area contributed by atoms with E-state index in [1.165, 1.54) is 51.3 Å². The topological polar surface area (TPSA) is 77.5 Å². The number of unbranched alkanes of at least 4 members (excludes halogenated alkanes) is 6. The summed E-state index contributed by atoms with van der Waals surface area (Å²) in [4.78, 5) is 31.9. The van der Waals surface area contributed by atoms with Crippen LogP contribution in [0, 0.1) is 0 Å². The molecule has 0 unspecified atom stereocenters. The molecule has 0 spiro atoms. The lowest BCUT2D eigenvalue weighted by molar-refractivity contribution is -0.305. The Morgan fingerprint density at radius 1 is 1.00 bits per heavy atom. The van der Waals surface area contributed by atoms with Gasteiger partial charge < -0.3 is 9.90 Å². The van der Waals surface area contributed by atoms with Gasteiger partial charge in [0.1, 0.15) is 0 Å². The Hall–Kier alpha value is -1.65. The van der Waals surface area contributed by atoms with Gasteiger partial charge in [-0.25, -0.2) is 0 Å². The van der Waals surface area contributed by atoms with Crippen LogP contribution in [0.1, 0.15) is 58.3 Å². The zero-order chi connectivity index (χ0) is 15.4. The summed E-state index contributed by atoms with van der Waals surface area (Å²) in [6.45, 7) is 2.19. The molecule has 1 aliphatic heterocycles. The predicted molar refractivity (Wildman–Crippen MR) is 74.5 cm³/mol. The van der Waals surface area contributed by atoms with E-state index in [-0.39, 0.29) is 18.2 Å². The quantitative estimate of drug-likeness (QED) is 0.498. The Kier molecular flexibility index (Phi) is 10.3. The van der Waals surface area contributed by atoms with Crippen LogP contribution < -0.4 is 5.11 Å². The van der Waals surface area contributed by atoms with Gasteiger partial charge >= 0.3 is 0 Å². The van der Waals surface area contributed by atoms with Crippen molar-refractivity contribution in [1.82, 2.24) is 4.90 Å². The molecule has 1 rings (SSSR count). The summed E-state index contributed by atoms with van der Waals surface area (Å²) in [7, 11) is 1.45. The van der Waals surface area contributed by atoms with Gasteiger partial charge in [-0.15, -0.1) is 0 Å². The highest BCUT2D eigenvalue weighted by Gasteiger charge is 2.17. The number of carboxylic acid groups (broad SMARTS) is 1. The fourth-order valence-corrected chi connectivity index (χ4v) is 1.70. The largest absolute Gasteiger partial charge is 0.550 e. The molecule has 5 nitrogen and oxygen atoms in total. The molecule has 0 atom stereocenters. The van der Waals surface area contributed by atoms with E-state index in [1.807, 2.05) is 0 Å². The van der Waals surface area contributed by atoms with E-state index in [0.29, 0.717) is 0 Å². The zero-order valence-electron chi connectivity index (χ0n) is 12.4. The molecule has 114 valence electrons. The van der Waals surface area contributed by atoms with Crippen molar-refractivity contribution in [2.75, 3.05) is 7.05 Å². The number of carbonyl (C=O) groups is 3. The van der Waals surface area contributed by atoms with E-state index in [9.17, 15) is 19.5 Å². The molecule has 2 amide bonds. The van der Waals surface area contributed by atoms with Gasteiger partial charge in [0.15, 0.2) is 0 Å². The molecular weight excluding hydrogens is 258 g/mol. The molecule has 0 radical (unpaired) electrons. The molecule has 1 heterocycles. The summed E-state index contributed by atoms with van der Waals surface area (Å²) in [6, 6.07) is 0. The Balaban J connectivity index is 0.000000388. The van der Waals surface area contributed by atoms with Gasteiger partial charge in [-0.2, -0.15) is 0 Å². The number of hydrogen-bond acceptors (Lipinski definition) is 4. The number of imide groups is 1. The summed E-state index contributed by atoms with van der Waals surface area (Å²) >= 11 is 0. The maximum Gasteiger partial charge on any atom is 0.253 e. The number of rotatable bonds is 8. The molecule has 5 heteroatoms. The number of aliphatic carboxylic acids is 1. The van der Waals surface area contributed by atoms with Crippen LogP contribution in [0.15, 0.2) is 12.2 Å². The lowest BCUT2D eigenvalue weighted by atomic mass is 10.1. The standard InChI is InChI=1S/C10H20O2.C5H5NO2/c1-2-3-4-5-6-7-8-9-10(11)12;1-6-4(7)2-3-5(6)8/h2-9H2,1H3,(H,11,12);2-3H,1H3/p-1. The Morgan fingerprint density at radius 2 is 1.45 bits per heavy atom. The average Bonchev–Trinajstić information content (AvgIpc) is 2.69. The first-order chi connectivity index (χ1) is 9.49. The number of nitrogens with zero attached hydrogens (tertiary/aromatic N) is 1. The van der Waals surface area contributed by atoms with Crippen LogP contribution in [-0.4, -0.2) is 29.7 Å². The molecule has 0 aromatic rings. The first kappa shape index (κ1) is 18.4. The van der Waals surface area contributed by atoms with Crippen molar-refractivity contribution in [3.05, 3.63) is 12.2 Å². The number of carbonyl (C=O) groups excluding carboxylic acids is 3. The van der Waals surface area contributed by atoms with Crippen LogP contribution in [0.4, 0.5) is 0 Å². The average molecular weight is 282 g/mol. The van der Waals surface area contributed by atoms with Crippen molar-refractivity contribution < 1.29 is 19.5 Å². The third kappa shape index (κ3) is 9.30. The van der Waals surface area contributed by atoms with E-state index in [4.69, 9.17) is 0 Å². The van der Waals surface area contributed by atoms with Gasteiger partial charge in [0, 0.05) is 25.2 Å². The second-order valence-electron chi connectivity index (χ2n) is 4.81. The fourth-order valence-electron chi connectivity index (χ4n) is 1.70. The summed E-state index contributed by atoms with van der Waals surface area (Å²) in [5.74, 6) is -1.39. The number of likely N-dealkylation sites (N-methyl/N-ethyl adjacent to an activating group) is 1. The summed E-state index contributed by atoms with van der Waals surface area (Å²) in [6.07, 6.45) is 10.8. The van der Waals surface area contributed by atoms with E-state index < -0.39 is 5.97 Å². The Morgan fingerprint density at radius 3 is 1.80 bits per heavy atom. The van der Waals surface area contributed by atoms with Gasteiger partial charge in [-0.3, -0.25) is 14.5 Å². The highest BCUT2D eigenvalue weighted by molar-refractivity contribution is 6.12. The highest BCUT2D eigenvalue weighted by Crippen LogP contribution is 2.07. The van der Waals surface area contributed by atoms with Crippen LogP contribution in [-0.2, 0) is 14.4 Å². The summed E-state index contributed by atoms with van der Waals surface area (Å²) in [5, 5.41) is 10.0. The number of carboxylic acids is 1. The first-order valence-electron chi connectivity index (χ1n) is 7.18. The Bertz CT molecular complexity index is 332. The van der Waals surface area contributed by atoms with Gasteiger partial charge in [0.2, 0.25) is 0 Å². The lowest BCUT2D eigenvalue weighted by Gasteiger charge is -2.01. The number of hydrogen-bond donors (Lipinski definition) is 0.